The number of hydrogen-bond donors (Lipinski definition) is 0. The van der Waals surface area contributed by atoms with E-state index in [1.165, 1.54) is 0 Å². The van der Waals surface area contributed by atoms with E-state index < -0.39 is 63.0 Å². The third-order valence-electron chi connectivity index (χ3n) is 3.18. The molecule has 0 fully saturated rings. The van der Waals surface area contributed by atoms with Crippen LogP contribution in [-0.2, 0) is 0 Å². The number of ether oxygens (including phenoxy) is 1. The molecule has 0 bridgehead atoms. The van der Waals surface area contributed by atoms with Crippen LogP contribution in [0.4, 0.5) is 30.7 Å². The maximum atomic E-state index is 13.9. The van der Waals surface area contributed by atoms with Crippen molar-refractivity contribution in [3.8, 4) is 5.75 Å². The Balaban J connectivity index is 2.68. The third-order valence-corrected chi connectivity index (χ3v) is 3.18. The monoisotopic (exact) mass is 335 g/mol. The highest BCUT2D eigenvalue weighted by molar-refractivity contribution is 6.67. The minimum absolute atomic E-state index is 0.131. The Morgan fingerprint density at radius 1 is 0.739 bits per heavy atom. The van der Waals surface area contributed by atoms with Gasteiger partial charge in [-0.3, -0.25) is 0 Å². The summed E-state index contributed by atoms with van der Waals surface area (Å²) < 4.78 is 99.9. The molecule has 0 N–H and O–H groups in total. The Bertz CT molecular complexity index is 763. The van der Waals surface area contributed by atoms with Crippen molar-refractivity contribution in [1.29, 1.82) is 0 Å². The molecule has 0 amide bonds. The lowest BCUT2D eigenvalue weighted by Crippen LogP contribution is -2.38. The number of rotatable bonds is 3. The second-order valence-corrected chi connectivity index (χ2v) is 4.54. The van der Waals surface area contributed by atoms with E-state index >= 15 is 0 Å². The van der Waals surface area contributed by atoms with Crippen molar-refractivity contribution in [3.05, 3.63) is 52.4 Å². The highest BCUT2D eigenvalue weighted by atomic mass is 19.2. The van der Waals surface area contributed by atoms with Gasteiger partial charge in [0.2, 0.25) is 7.28 Å². The molecule has 2 aromatic rings. The Labute approximate surface area is 126 Å². The van der Waals surface area contributed by atoms with Crippen LogP contribution in [0.2, 0.25) is 0 Å². The molecule has 2 aromatic carbocycles. The molecule has 23 heavy (non-hydrogen) atoms. The van der Waals surface area contributed by atoms with Crippen molar-refractivity contribution in [3.63, 3.8) is 0 Å². The van der Waals surface area contributed by atoms with Crippen LogP contribution >= 0.6 is 0 Å². The molecule has 1 nitrogen and oxygen atoms in total. The van der Waals surface area contributed by atoms with Gasteiger partial charge in [-0.1, -0.05) is 0 Å². The predicted molar refractivity (Wildman–Crippen MR) is 68.9 cm³/mol. The Hall–Kier alpha value is -2.19. The largest absolute Gasteiger partial charge is 0.494 e. The van der Waals surface area contributed by atoms with Crippen LogP contribution in [0.1, 0.15) is 5.56 Å². The fourth-order valence-electron chi connectivity index (χ4n) is 1.90. The molecule has 0 spiro atoms. The third kappa shape index (κ3) is 2.75. The van der Waals surface area contributed by atoms with Crippen molar-refractivity contribution in [2.75, 3.05) is 7.11 Å². The van der Waals surface area contributed by atoms with Gasteiger partial charge in [-0.15, -0.1) is 0 Å². The van der Waals surface area contributed by atoms with Gasteiger partial charge in [-0.25, -0.2) is 30.7 Å². The van der Waals surface area contributed by atoms with Crippen LogP contribution in [-0.4, -0.2) is 14.4 Å². The SMILES string of the molecule is COc1cc(F)c(F)c([B]c2c(F)c(F)c(C)c(F)c2F)c1F. The van der Waals surface area contributed by atoms with Gasteiger partial charge < -0.3 is 4.74 Å². The van der Waals surface area contributed by atoms with Crippen LogP contribution in [0.5, 0.6) is 5.75 Å². The summed E-state index contributed by atoms with van der Waals surface area (Å²) in [6.45, 7) is 0.785. The molecule has 0 aliphatic rings. The fourth-order valence-corrected chi connectivity index (χ4v) is 1.90. The molecule has 0 unspecified atom stereocenters. The van der Waals surface area contributed by atoms with Gasteiger partial charge in [0.1, 0.15) is 0 Å². The second-order valence-electron chi connectivity index (χ2n) is 4.54. The van der Waals surface area contributed by atoms with Crippen LogP contribution in [0.15, 0.2) is 6.07 Å². The number of benzene rings is 2. The van der Waals surface area contributed by atoms with E-state index in [1.807, 2.05) is 0 Å². The van der Waals surface area contributed by atoms with E-state index in [4.69, 9.17) is 0 Å². The summed E-state index contributed by atoms with van der Waals surface area (Å²) in [5.41, 5.74) is -3.55. The molecule has 121 valence electrons. The maximum Gasteiger partial charge on any atom is 0.207 e. The molecule has 0 saturated carbocycles. The molecule has 9 heteroatoms. The molecule has 2 rings (SSSR count). The topological polar surface area (TPSA) is 9.23 Å². The van der Waals surface area contributed by atoms with E-state index in [-0.39, 0.29) is 7.28 Å². The number of methoxy groups -OCH3 is 1. The fraction of sp³-hybridized carbons (Fsp3) is 0.143. The molecule has 0 aliphatic carbocycles. The summed E-state index contributed by atoms with van der Waals surface area (Å²) >= 11 is 0. The zero-order chi connectivity index (χ0) is 17.5. The normalized spacial score (nSPS) is 10.8. The average Bonchev–Trinajstić information content (AvgIpc) is 2.53. The zero-order valence-corrected chi connectivity index (χ0v) is 11.7. The first-order valence-corrected chi connectivity index (χ1v) is 6.09. The van der Waals surface area contributed by atoms with Crippen molar-refractivity contribution < 1.29 is 35.5 Å². The summed E-state index contributed by atoms with van der Waals surface area (Å²) in [5.74, 6) is -12.7. The summed E-state index contributed by atoms with van der Waals surface area (Å²) in [6.07, 6.45) is 0. The van der Waals surface area contributed by atoms with Gasteiger partial charge >= 0.3 is 0 Å². The first-order valence-electron chi connectivity index (χ1n) is 6.09. The minimum atomic E-state index is -1.86. The highest BCUT2D eigenvalue weighted by Crippen LogP contribution is 2.20. The van der Waals surface area contributed by atoms with Crippen LogP contribution < -0.4 is 15.7 Å². The Morgan fingerprint density at radius 2 is 1.22 bits per heavy atom. The summed E-state index contributed by atoms with van der Waals surface area (Å²) in [4.78, 5) is 0. The van der Waals surface area contributed by atoms with Crippen molar-refractivity contribution in [2.45, 2.75) is 6.92 Å². The van der Waals surface area contributed by atoms with Crippen molar-refractivity contribution in [1.82, 2.24) is 0 Å². The molecule has 1 radical (unpaired) electrons. The first-order chi connectivity index (χ1) is 10.7. The molecule has 0 atom stereocenters. The lowest BCUT2D eigenvalue weighted by molar-refractivity contribution is 0.379. The quantitative estimate of drug-likeness (QED) is 0.476. The van der Waals surface area contributed by atoms with E-state index in [2.05, 4.69) is 4.74 Å². The molecular weight excluding hydrogens is 328 g/mol. The smallest absolute Gasteiger partial charge is 0.207 e. The Morgan fingerprint density at radius 3 is 1.70 bits per heavy atom. The maximum absolute atomic E-state index is 13.9. The van der Waals surface area contributed by atoms with Gasteiger partial charge in [-0.05, 0) is 17.8 Å². The van der Waals surface area contributed by atoms with Gasteiger partial charge in [0, 0.05) is 11.6 Å². The predicted octanol–water partition coefficient (Wildman–Crippen LogP) is 2.63. The summed E-state index contributed by atoms with van der Waals surface area (Å²) in [5, 5.41) is 0. The zero-order valence-electron chi connectivity index (χ0n) is 11.7. The number of hydrogen-bond acceptors (Lipinski definition) is 1. The summed E-state index contributed by atoms with van der Waals surface area (Å²) in [7, 11) is 1.08. The number of halogens is 7. The van der Waals surface area contributed by atoms with E-state index in [9.17, 15) is 30.7 Å². The van der Waals surface area contributed by atoms with Crippen molar-refractivity contribution in [2.24, 2.45) is 0 Å². The van der Waals surface area contributed by atoms with Crippen LogP contribution in [0, 0.1) is 47.6 Å². The van der Waals surface area contributed by atoms with Crippen LogP contribution in [0.25, 0.3) is 0 Å². The minimum Gasteiger partial charge on any atom is -0.494 e. The molecule has 0 heterocycles. The van der Waals surface area contributed by atoms with E-state index in [0.717, 1.165) is 14.0 Å². The molecule has 0 aromatic heterocycles. The van der Waals surface area contributed by atoms with Gasteiger partial charge in [-0.2, -0.15) is 0 Å². The highest BCUT2D eigenvalue weighted by Gasteiger charge is 2.27. The lowest BCUT2D eigenvalue weighted by Gasteiger charge is -2.12. The van der Waals surface area contributed by atoms with Gasteiger partial charge in [0.05, 0.1) is 7.11 Å². The van der Waals surface area contributed by atoms with Crippen LogP contribution in [0.3, 0.4) is 0 Å². The van der Waals surface area contributed by atoms with E-state index in [1.54, 1.807) is 0 Å². The second kappa shape index (κ2) is 6.13. The first kappa shape index (κ1) is 17.2. The lowest BCUT2D eigenvalue weighted by atomic mass is 9.62. The van der Waals surface area contributed by atoms with E-state index in [0.29, 0.717) is 6.07 Å². The Kier molecular flexibility index (Phi) is 4.58. The average molecular weight is 335 g/mol. The molecular formula is C14H7BF7O. The summed E-state index contributed by atoms with van der Waals surface area (Å²) in [6, 6.07) is 0.380. The molecule has 0 aliphatic heterocycles. The van der Waals surface area contributed by atoms with Crippen molar-refractivity contribution >= 4 is 18.2 Å². The standard InChI is InChI=1S/C14H7BF7O/c1-4-9(17)13(21)8(14(22)10(4)18)15-7-11(19)5(16)3-6(23-2)12(7)20/h3H,1-2H3. The molecule has 0 saturated heterocycles. The van der Waals surface area contributed by atoms with Gasteiger partial charge in [0.15, 0.2) is 46.5 Å². The van der Waals surface area contributed by atoms with Gasteiger partial charge in [0.25, 0.3) is 0 Å².